The molecule has 0 unspecified atom stereocenters. The summed E-state index contributed by atoms with van der Waals surface area (Å²) in [5.74, 6) is 1.73. The van der Waals surface area contributed by atoms with Crippen LogP contribution in [0.4, 0.5) is 5.69 Å². The lowest BCUT2D eigenvalue weighted by Crippen LogP contribution is -2.34. The zero-order chi connectivity index (χ0) is 19.8. The van der Waals surface area contributed by atoms with Crippen molar-refractivity contribution in [2.24, 2.45) is 0 Å². The van der Waals surface area contributed by atoms with Gasteiger partial charge in [0.15, 0.2) is 11.5 Å². The third-order valence-electron chi connectivity index (χ3n) is 4.93. The van der Waals surface area contributed by atoms with E-state index in [0.717, 1.165) is 37.4 Å². The molecule has 3 rings (SSSR count). The van der Waals surface area contributed by atoms with Gasteiger partial charge >= 0.3 is 0 Å². The molecule has 0 atom stereocenters. The number of amides is 1. The van der Waals surface area contributed by atoms with Gasteiger partial charge < -0.3 is 19.7 Å². The van der Waals surface area contributed by atoms with Crippen LogP contribution in [0.25, 0.3) is 0 Å². The van der Waals surface area contributed by atoms with Crippen LogP contribution in [0.2, 0.25) is 0 Å². The third-order valence-corrected chi connectivity index (χ3v) is 4.93. The number of ether oxygens (including phenoxy) is 2. The number of rotatable bonds is 9. The Bertz CT molecular complexity index is 791. The number of hydrogen-bond donors (Lipinski definition) is 1. The number of benzene rings is 2. The molecule has 5 nitrogen and oxygen atoms in total. The zero-order valence-corrected chi connectivity index (χ0v) is 16.9. The molecule has 0 aliphatic carbocycles. The average molecular weight is 383 g/mol. The first kappa shape index (κ1) is 20.1. The van der Waals surface area contributed by atoms with Crippen LogP contribution in [-0.4, -0.2) is 38.8 Å². The number of nitrogens with one attached hydrogen (secondary N) is 1. The largest absolute Gasteiger partial charge is 0.486 e. The molecule has 2 aromatic carbocycles. The van der Waals surface area contributed by atoms with Gasteiger partial charge in [0.2, 0.25) is 5.91 Å². The van der Waals surface area contributed by atoms with Crippen LogP contribution in [0.15, 0.2) is 42.5 Å². The maximum atomic E-state index is 12.2. The first-order valence-electron chi connectivity index (χ1n) is 10.1. The van der Waals surface area contributed by atoms with Crippen molar-refractivity contribution < 1.29 is 14.3 Å². The van der Waals surface area contributed by atoms with E-state index >= 15 is 0 Å². The number of carbonyl (C=O) groups is 1. The maximum absolute atomic E-state index is 12.2. The van der Waals surface area contributed by atoms with E-state index in [-0.39, 0.29) is 5.91 Å². The molecule has 150 valence electrons. The third kappa shape index (κ3) is 5.65. The first-order chi connectivity index (χ1) is 13.7. The van der Waals surface area contributed by atoms with E-state index in [1.807, 2.05) is 18.2 Å². The Labute approximate surface area is 167 Å². The van der Waals surface area contributed by atoms with E-state index in [2.05, 4.69) is 48.3 Å². The normalized spacial score (nSPS) is 12.5. The molecule has 1 aliphatic rings. The number of nitrogens with zero attached hydrogens (tertiary/aromatic N) is 1. The Morgan fingerprint density at radius 2 is 1.93 bits per heavy atom. The summed E-state index contributed by atoms with van der Waals surface area (Å²) in [7, 11) is 0. The number of hydrogen-bond acceptors (Lipinski definition) is 4. The number of anilines is 1. The standard InChI is InChI=1S/C23H30N2O3/c1-3-25(20-8-4-6-18(2)16-20)13-12-24-23(26)9-5-7-19-10-11-21-22(17-19)28-15-14-27-21/h4,6,8,10-11,16-17H,3,5,7,9,12-15H2,1-2H3,(H,24,26). The predicted molar refractivity (Wildman–Crippen MR) is 112 cm³/mol. The van der Waals surface area contributed by atoms with Crippen molar-refractivity contribution in [3.8, 4) is 11.5 Å². The lowest BCUT2D eigenvalue weighted by molar-refractivity contribution is -0.121. The van der Waals surface area contributed by atoms with E-state index in [9.17, 15) is 4.79 Å². The molecule has 1 amide bonds. The molecular weight excluding hydrogens is 352 g/mol. The summed E-state index contributed by atoms with van der Waals surface area (Å²) in [6.07, 6.45) is 2.21. The van der Waals surface area contributed by atoms with E-state index < -0.39 is 0 Å². The lowest BCUT2D eigenvalue weighted by atomic mass is 10.1. The van der Waals surface area contributed by atoms with Gasteiger partial charge in [0.05, 0.1) is 0 Å². The van der Waals surface area contributed by atoms with Gasteiger partial charge in [-0.3, -0.25) is 4.79 Å². The molecule has 0 bridgehead atoms. The van der Waals surface area contributed by atoms with Crippen molar-refractivity contribution in [1.29, 1.82) is 0 Å². The van der Waals surface area contributed by atoms with E-state index in [0.29, 0.717) is 26.2 Å². The predicted octanol–water partition coefficient (Wildman–Crippen LogP) is 3.73. The van der Waals surface area contributed by atoms with E-state index in [1.165, 1.54) is 16.8 Å². The minimum absolute atomic E-state index is 0.109. The second-order valence-electron chi connectivity index (χ2n) is 7.10. The summed E-state index contributed by atoms with van der Waals surface area (Å²) >= 11 is 0. The highest BCUT2D eigenvalue weighted by Gasteiger charge is 2.12. The average Bonchev–Trinajstić information content (AvgIpc) is 2.71. The van der Waals surface area contributed by atoms with E-state index in [1.54, 1.807) is 0 Å². The molecule has 0 saturated heterocycles. The van der Waals surface area contributed by atoms with Gasteiger partial charge in [-0.2, -0.15) is 0 Å². The Kier molecular flexibility index (Phi) is 7.18. The fraction of sp³-hybridized carbons (Fsp3) is 0.435. The number of likely N-dealkylation sites (N-methyl/N-ethyl adjacent to an activating group) is 1. The highest BCUT2D eigenvalue weighted by molar-refractivity contribution is 5.75. The van der Waals surface area contributed by atoms with Gasteiger partial charge in [0.25, 0.3) is 0 Å². The van der Waals surface area contributed by atoms with Crippen molar-refractivity contribution in [2.75, 3.05) is 37.7 Å². The molecule has 0 saturated carbocycles. The van der Waals surface area contributed by atoms with Crippen molar-refractivity contribution in [1.82, 2.24) is 5.32 Å². The van der Waals surface area contributed by atoms with Crippen LogP contribution in [-0.2, 0) is 11.2 Å². The van der Waals surface area contributed by atoms with Crippen LogP contribution in [0, 0.1) is 6.92 Å². The number of aryl methyl sites for hydroxylation is 2. The van der Waals surface area contributed by atoms with Crippen molar-refractivity contribution in [2.45, 2.75) is 33.1 Å². The summed E-state index contributed by atoms with van der Waals surface area (Å²) in [6, 6.07) is 14.5. The van der Waals surface area contributed by atoms with Crippen molar-refractivity contribution in [3.05, 3.63) is 53.6 Å². The Morgan fingerprint density at radius 1 is 1.11 bits per heavy atom. The second-order valence-corrected chi connectivity index (χ2v) is 7.10. The van der Waals surface area contributed by atoms with Crippen molar-refractivity contribution >= 4 is 11.6 Å². The fourth-order valence-electron chi connectivity index (χ4n) is 3.41. The molecule has 0 radical (unpaired) electrons. The Morgan fingerprint density at radius 3 is 2.71 bits per heavy atom. The van der Waals surface area contributed by atoms with Gasteiger partial charge in [0.1, 0.15) is 13.2 Å². The van der Waals surface area contributed by atoms with Crippen LogP contribution in [0.5, 0.6) is 11.5 Å². The SMILES string of the molecule is CCN(CCNC(=O)CCCc1ccc2c(c1)OCCO2)c1cccc(C)c1. The molecule has 0 aromatic heterocycles. The molecule has 1 heterocycles. The molecule has 1 N–H and O–H groups in total. The molecule has 28 heavy (non-hydrogen) atoms. The highest BCUT2D eigenvalue weighted by Crippen LogP contribution is 2.31. The highest BCUT2D eigenvalue weighted by atomic mass is 16.6. The Hall–Kier alpha value is -2.69. The Balaban J connectivity index is 1.37. The second kappa shape index (κ2) is 10.0. The molecule has 0 fully saturated rings. The summed E-state index contributed by atoms with van der Waals surface area (Å²) in [5, 5.41) is 3.04. The van der Waals surface area contributed by atoms with Crippen molar-refractivity contribution in [3.63, 3.8) is 0 Å². The summed E-state index contributed by atoms with van der Waals surface area (Å²) < 4.78 is 11.2. The van der Waals surface area contributed by atoms with Gasteiger partial charge in [-0.15, -0.1) is 0 Å². The maximum Gasteiger partial charge on any atom is 0.220 e. The van der Waals surface area contributed by atoms with E-state index in [4.69, 9.17) is 9.47 Å². The molecule has 1 aliphatic heterocycles. The molecule has 0 spiro atoms. The zero-order valence-electron chi connectivity index (χ0n) is 16.9. The molecular formula is C23H30N2O3. The summed E-state index contributed by atoms with van der Waals surface area (Å²) in [5.41, 5.74) is 3.63. The van der Waals surface area contributed by atoms with Gasteiger partial charge in [-0.05, 0) is 62.1 Å². The summed E-state index contributed by atoms with van der Waals surface area (Å²) in [4.78, 5) is 14.4. The smallest absolute Gasteiger partial charge is 0.220 e. The fourth-order valence-corrected chi connectivity index (χ4v) is 3.41. The van der Waals surface area contributed by atoms with Gasteiger partial charge in [-0.25, -0.2) is 0 Å². The lowest BCUT2D eigenvalue weighted by Gasteiger charge is -2.23. The number of carbonyl (C=O) groups excluding carboxylic acids is 1. The summed E-state index contributed by atoms with van der Waals surface area (Å²) in [6.45, 7) is 7.82. The topological polar surface area (TPSA) is 50.8 Å². The monoisotopic (exact) mass is 382 g/mol. The number of fused-ring (bicyclic) bond motifs is 1. The van der Waals surface area contributed by atoms with Gasteiger partial charge in [-0.1, -0.05) is 18.2 Å². The van der Waals surface area contributed by atoms with Crippen LogP contribution < -0.4 is 19.7 Å². The van der Waals surface area contributed by atoms with Crippen LogP contribution in [0.1, 0.15) is 30.9 Å². The minimum Gasteiger partial charge on any atom is -0.486 e. The minimum atomic E-state index is 0.109. The van der Waals surface area contributed by atoms with Crippen LogP contribution >= 0.6 is 0 Å². The molecule has 5 heteroatoms. The quantitative estimate of drug-likeness (QED) is 0.718. The van der Waals surface area contributed by atoms with Gasteiger partial charge in [0, 0.05) is 31.7 Å². The molecule has 2 aromatic rings. The first-order valence-corrected chi connectivity index (χ1v) is 10.1. The van der Waals surface area contributed by atoms with Crippen LogP contribution in [0.3, 0.4) is 0 Å².